The second-order valence-electron chi connectivity index (χ2n) is 4.24. The van der Waals surface area contributed by atoms with Gasteiger partial charge in [0.05, 0.1) is 6.54 Å². The molecule has 98 valence electrons. The third-order valence-electron chi connectivity index (χ3n) is 2.26. The minimum Gasteiger partial charge on any atom is -0.478 e. The fourth-order valence-corrected chi connectivity index (χ4v) is 1.23. The van der Waals surface area contributed by atoms with Crippen molar-refractivity contribution in [2.45, 2.75) is 33.7 Å². The Morgan fingerprint density at radius 2 is 2.00 bits per heavy atom. The van der Waals surface area contributed by atoms with E-state index in [2.05, 4.69) is 5.32 Å². The summed E-state index contributed by atoms with van der Waals surface area (Å²) in [6.45, 7) is 8.76. The van der Waals surface area contributed by atoms with Gasteiger partial charge in [0.25, 0.3) is 0 Å². The molecule has 0 aliphatic carbocycles. The van der Waals surface area contributed by atoms with Gasteiger partial charge in [0.1, 0.15) is 0 Å². The summed E-state index contributed by atoms with van der Waals surface area (Å²) < 4.78 is 0. The van der Waals surface area contributed by atoms with E-state index in [1.807, 2.05) is 25.7 Å². The number of likely N-dealkylation sites (N-methyl/N-ethyl adjacent to an activating group) is 1. The SMILES string of the molecule is CCN(CC=C(C)C(=O)O)CC(=O)NC(C)C. The van der Waals surface area contributed by atoms with E-state index in [1.54, 1.807) is 13.0 Å². The Labute approximate surface area is 102 Å². The summed E-state index contributed by atoms with van der Waals surface area (Å²) in [7, 11) is 0. The van der Waals surface area contributed by atoms with Crippen LogP contribution in [-0.4, -0.2) is 47.6 Å². The maximum Gasteiger partial charge on any atom is 0.330 e. The zero-order valence-corrected chi connectivity index (χ0v) is 11.0. The van der Waals surface area contributed by atoms with E-state index in [0.29, 0.717) is 18.7 Å². The van der Waals surface area contributed by atoms with Gasteiger partial charge in [0.2, 0.25) is 5.91 Å². The second kappa shape index (κ2) is 7.84. The van der Waals surface area contributed by atoms with Crippen LogP contribution in [0, 0.1) is 0 Å². The molecule has 0 aromatic rings. The molecule has 0 aromatic heterocycles. The summed E-state index contributed by atoms with van der Waals surface area (Å²) in [5.41, 5.74) is 0.299. The highest BCUT2D eigenvalue weighted by Crippen LogP contribution is 1.95. The topological polar surface area (TPSA) is 69.6 Å². The number of hydrogen-bond donors (Lipinski definition) is 2. The van der Waals surface area contributed by atoms with Gasteiger partial charge in [-0.25, -0.2) is 4.79 Å². The Morgan fingerprint density at radius 1 is 1.41 bits per heavy atom. The average molecular weight is 242 g/mol. The molecule has 17 heavy (non-hydrogen) atoms. The van der Waals surface area contributed by atoms with Crippen LogP contribution in [0.1, 0.15) is 27.7 Å². The third kappa shape index (κ3) is 7.52. The Balaban J connectivity index is 4.21. The van der Waals surface area contributed by atoms with Crippen LogP contribution in [0.3, 0.4) is 0 Å². The molecule has 0 rings (SSSR count). The third-order valence-corrected chi connectivity index (χ3v) is 2.26. The molecule has 0 bridgehead atoms. The summed E-state index contributed by atoms with van der Waals surface area (Å²) in [6.07, 6.45) is 1.62. The molecule has 0 fully saturated rings. The first-order valence-electron chi connectivity index (χ1n) is 5.78. The number of hydrogen-bond acceptors (Lipinski definition) is 3. The molecule has 0 radical (unpaired) electrons. The van der Waals surface area contributed by atoms with E-state index in [-0.39, 0.29) is 18.5 Å². The van der Waals surface area contributed by atoms with Crippen LogP contribution in [0.5, 0.6) is 0 Å². The molecule has 0 aliphatic rings. The molecule has 0 aliphatic heterocycles. The molecule has 2 N–H and O–H groups in total. The van der Waals surface area contributed by atoms with Gasteiger partial charge in [-0.3, -0.25) is 9.69 Å². The fourth-order valence-electron chi connectivity index (χ4n) is 1.23. The van der Waals surface area contributed by atoms with Crippen LogP contribution in [0.4, 0.5) is 0 Å². The summed E-state index contributed by atoms with van der Waals surface area (Å²) in [5.74, 6) is -0.962. The largest absolute Gasteiger partial charge is 0.478 e. The maximum absolute atomic E-state index is 11.5. The van der Waals surface area contributed by atoms with Crippen molar-refractivity contribution < 1.29 is 14.7 Å². The summed E-state index contributed by atoms with van der Waals surface area (Å²) in [5, 5.41) is 11.5. The Morgan fingerprint density at radius 3 is 2.41 bits per heavy atom. The van der Waals surface area contributed by atoms with Crippen LogP contribution in [-0.2, 0) is 9.59 Å². The molecule has 0 heterocycles. The van der Waals surface area contributed by atoms with Crippen molar-refractivity contribution in [1.29, 1.82) is 0 Å². The molecule has 5 nitrogen and oxygen atoms in total. The van der Waals surface area contributed by atoms with Crippen LogP contribution in [0.25, 0.3) is 0 Å². The van der Waals surface area contributed by atoms with Crippen molar-refractivity contribution in [3.05, 3.63) is 11.6 Å². The number of rotatable bonds is 7. The van der Waals surface area contributed by atoms with Gasteiger partial charge < -0.3 is 10.4 Å². The first-order valence-corrected chi connectivity index (χ1v) is 5.78. The average Bonchev–Trinajstić information content (AvgIpc) is 2.22. The number of nitrogens with one attached hydrogen (secondary N) is 1. The highest BCUT2D eigenvalue weighted by atomic mass is 16.4. The molecule has 0 unspecified atom stereocenters. The van der Waals surface area contributed by atoms with E-state index < -0.39 is 5.97 Å². The quantitative estimate of drug-likeness (QED) is 0.650. The molecule has 0 saturated heterocycles. The summed E-state index contributed by atoms with van der Waals surface area (Å²) in [6, 6.07) is 0.123. The Kier molecular flexibility index (Phi) is 7.21. The minimum absolute atomic E-state index is 0.0387. The Bertz CT molecular complexity index is 298. The van der Waals surface area contributed by atoms with Crippen molar-refractivity contribution in [2.75, 3.05) is 19.6 Å². The lowest BCUT2D eigenvalue weighted by atomic mass is 10.2. The van der Waals surface area contributed by atoms with Crippen molar-refractivity contribution in [3.63, 3.8) is 0 Å². The lowest BCUT2D eigenvalue weighted by Crippen LogP contribution is -2.40. The van der Waals surface area contributed by atoms with Gasteiger partial charge in [-0.1, -0.05) is 13.0 Å². The highest BCUT2D eigenvalue weighted by Gasteiger charge is 2.09. The van der Waals surface area contributed by atoms with Crippen LogP contribution in [0.15, 0.2) is 11.6 Å². The van der Waals surface area contributed by atoms with Crippen molar-refractivity contribution in [3.8, 4) is 0 Å². The lowest BCUT2D eigenvalue weighted by molar-refractivity contribution is -0.132. The first-order chi connectivity index (χ1) is 7.86. The lowest BCUT2D eigenvalue weighted by Gasteiger charge is -2.19. The molecule has 0 aromatic carbocycles. The molecule has 5 heteroatoms. The van der Waals surface area contributed by atoms with E-state index >= 15 is 0 Å². The van der Waals surface area contributed by atoms with Gasteiger partial charge in [-0.2, -0.15) is 0 Å². The number of carbonyl (C=O) groups is 2. The normalized spacial score (nSPS) is 12.0. The van der Waals surface area contributed by atoms with Gasteiger partial charge in [0.15, 0.2) is 0 Å². The van der Waals surface area contributed by atoms with Gasteiger partial charge in [-0.15, -0.1) is 0 Å². The summed E-state index contributed by atoms with van der Waals surface area (Å²) in [4.78, 5) is 24.0. The number of carboxylic acid groups (broad SMARTS) is 1. The molecular formula is C12H22N2O3. The second-order valence-corrected chi connectivity index (χ2v) is 4.24. The molecule has 0 saturated carbocycles. The predicted octanol–water partition coefficient (Wildman–Crippen LogP) is 0.864. The number of carboxylic acids is 1. The number of carbonyl (C=O) groups excluding carboxylic acids is 1. The number of nitrogens with zero attached hydrogens (tertiary/aromatic N) is 1. The van der Waals surface area contributed by atoms with Crippen LogP contribution in [0.2, 0.25) is 0 Å². The first kappa shape index (κ1) is 15.6. The van der Waals surface area contributed by atoms with E-state index in [9.17, 15) is 9.59 Å². The molecule has 0 spiro atoms. The zero-order chi connectivity index (χ0) is 13.4. The Hall–Kier alpha value is -1.36. The fraction of sp³-hybridized carbons (Fsp3) is 0.667. The van der Waals surface area contributed by atoms with Gasteiger partial charge in [-0.05, 0) is 27.3 Å². The van der Waals surface area contributed by atoms with E-state index in [4.69, 9.17) is 5.11 Å². The van der Waals surface area contributed by atoms with Crippen molar-refractivity contribution in [2.24, 2.45) is 0 Å². The van der Waals surface area contributed by atoms with E-state index in [1.165, 1.54) is 0 Å². The number of aliphatic carboxylic acids is 1. The predicted molar refractivity (Wildman–Crippen MR) is 66.8 cm³/mol. The standard InChI is InChI=1S/C12H22N2O3/c1-5-14(7-6-10(4)12(16)17)8-11(15)13-9(2)3/h6,9H,5,7-8H2,1-4H3,(H,13,15)(H,16,17). The molecule has 0 atom stereocenters. The van der Waals surface area contributed by atoms with Crippen LogP contribution >= 0.6 is 0 Å². The summed E-state index contributed by atoms with van der Waals surface area (Å²) >= 11 is 0. The minimum atomic E-state index is -0.923. The van der Waals surface area contributed by atoms with Gasteiger partial charge in [0, 0.05) is 18.2 Å². The highest BCUT2D eigenvalue weighted by molar-refractivity contribution is 5.85. The van der Waals surface area contributed by atoms with E-state index in [0.717, 1.165) is 0 Å². The maximum atomic E-state index is 11.5. The zero-order valence-electron chi connectivity index (χ0n) is 11.0. The molecular weight excluding hydrogens is 220 g/mol. The van der Waals surface area contributed by atoms with Crippen molar-refractivity contribution in [1.82, 2.24) is 10.2 Å². The smallest absolute Gasteiger partial charge is 0.330 e. The monoisotopic (exact) mass is 242 g/mol. The van der Waals surface area contributed by atoms with Crippen LogP contribution < -0.4 is 5.32 Å². The van der Waals surface area contributed by atoms with Crippen molar-refractivity contribution >= 4 is 11.9 Å². The molecule has 1 amide bonds. The number of amides is 1. The van der Waals surface area contributed by atoms with Gasteiger partial charge >= 0.3 is 5.97 Å².